The van der Waals surface area contributed by atoms with Crippen LogP contribution in [0.1, 0.15) is 19.3 Å². The van der Waals surface area contributed by atoms with E-state index >= 15 is 0 Å². The average Bonchev–Trinajstić information content (AvgIpc) is 2.39. The van der Waals surface area contributed by atoms with Gasteiger partial charge >= 0.3 is 5.97 Å². The van der Waals surface area contributed by atoms with E-state index in [1.54, 1.807) is 24.3 Å². The van der Waals surface area contributed by atoms with E-state index in [1.165, 1.54) is 0 Å². The molecule has 0 saturated heterocycles. The van der Waals surface area contributed by atoms with Crippen molar-refractivity contribution in [3.63, 3.8) is 0 Å². The Morgan fingerprint density at radius 2 is 1.61 bits per heavy atom. The van der Waals surface area contributed by atoms with Crippen molar-refractivity contribution in [3.8, 4) is 11.5 Å². The number of ether oxygens (including phenoxy) is 2. The van der Waals surface area contributed by atoms with Gasteiger partial charge in [-0.1, -0.05) is 0 Å². The van der Waals surface area contributed by atoms with Gasteiger partial charge in [-0.2, -0.15) is 0 Å². The van der Waals surface area contributed by atoms with E-state index in [0.29, 0.717) is 30.9 Å². The van der Waals surface area contributed by atoms with Gasteiger partial charge in [0.05, 0.1) is 6.61 Å². The maximum Gasteiger partial charge on any atom is 0.311 e. The summed E-state index contributed by atoms with van der Waals surface area (Å²) in [6.07, 6.45) is 1.18. The van der Waals surface area contributed by atoms with Crippen LogP contribution in [0.3, 0.4) is 0 Å². The van der Waals surface area contributed by atoms with Crippen LogP contribution >= 0.6 is 0 Å². The Morgan fingerprint density at radius 3 is 2.22 bits per heavy atom. The van der Waals surface area contributed by atoms with Crippen LogP contribution in [0.25, 0.3) is 0 Å². The van der Waals surface area contributed by atoms with Crippen molar-refractivity contribution in [3.05, 3.63) is 24.3 Å². The van der Waals surface area contributed by atoms with Crippen LogP contribution < -0.4 is 9.47 Å². The zero-order chi connectivity index (χ0) is 13.2. The normalized spacial score (nSPS) is 10.1. The second-order valence-electron chi connectivity index (χ2n) is 3.70. The molecule has 5 nitrogen and oxygen atoms in total. The predicted octanol–water partition coefficient (Wildman–Crippen LogP) is 1.13. The first-order valence-corrected chi connectivity index (χ1v) is 5.91. The molecular formula is C13H18O5. The Labute approximate surface area is 106 Å². The minimum atomic E-state index is -0.363. The summed E-state index contributed by atoms with van der Waals surface area (Å²) in [6.45, 7) is 0.527. The molecule has 5 heteroatoms. The fourth-order valence-corrected chi connectivity index (χ4v) is 1.26. The zero-order valence-corrected chi connectivity index (χ0v) is 10.2. The minimum absolute atomic E-state index is 0.0211. The summed E-state index contributed by atoms with van der Waals surface area (Å²) < 4.78 is 10.4. The molecule has 0 fully saturated rings. The summed E-state index contributed by atoms with van der Waals surface area (Å²) >= 11 is 0. The van der Waals surface area contributed by atoms with Crippen LogP contribution in [-0.4, -0.2) is 36.0 Å². The van der Waals surface area contributed by atoms with E-state index in [0.717, 1.165) is 0 Å². The van der Waals surface area contributed by atoms with E-state index in [1.807, 2.05) is 0 Å². The highest BCUT2D eigenvalue weighted by Gasteiger charge is 2.04. The molecule has 0 unspecified atom stereocenters. The minimum Gasteiger partial charge on any atom is -0.494 e. The van der Waals surface area contributed by atoms with Crippen LogP contribution in [0.15, 0.2) is 24.3 Å². The second kappa shape index (κ2) is 8.49. The van der Waals surface area contributed by atoms with Gasteiger partial charge in [0.2, 0.25) is 0 Å². The molecule has 100 valence electrons. The van der Waals surface area contributed by atoms with E-state index in [2.05, 4.69) is 0 Å². The molecule has 0 aliphatic heterocycles. The largest absolute Gasteiger partial charge is 0.494 e. The third-order valence-corrected chi connectivity index (χ3v) is 2.17. The Morgan fingerprint density at radius 1 is 1.00 bits per heavy atom. The van der Waals surface area contributed by atoms with E-state index in [4.69, 9.17) is 19.7 Å². The second-order valence-corrected chi connectivity index (χ2v) is 3.70. The van der Waals surface area contributed by atoms with Crippen LogP contribution in [0.5, 0.6) is 11.5 Å². The predicted molar refractivity (Wildman–Crippen MR) is 65.6 cm³/mol. The average molecular weight is 254 g/mol. The lowest BCUT2D eigenvalue weighted by atomic mass is 10.3. The van der Waals surface area contributed by atoms with Gasteiger partial charge < -0.3 is 19.7 Å². The van der Waals surface area contributed by atoms with Gasteiger partial charge in [0.15, 0.2) is 0 Å². The van der Waals surface area contributed by atoms with Crippen molar-refractivity contribution < 1.29 is 24.5 Å². The molecular weight excluding hydrogens is 236 g/mol. The third-order valence-electron chi connectivity index (χ3n) is 2.17. The summed E-state index contributed by atoms with van der Waals surface area (Å²) in [5.41, 5.74) is 0. The topological polar surface area (TPSA) is 76.0 Å². The van der Waals surface area contributed by atoms with Gasteiger partial charge in [-0.3, -0.25) is 4.79 Å². The number of hydrogen-bond acceptors (Lipinski definition) is 5. The highest BCUT2D eigenvalue weighted by atomic mass is 16.5. The molecule has 0 aromatic heterocycles. The molecule has 0 spiro atoms. The molecule has 18 heavy (non-hydrogen) atoms. The fraction of sp³-hybridized carbons (Fsp3) is 0.462. The zero-order valence-electron chi connectivity index (χ0n) is 10.2. The smallest absolute Gasteiger partial charge is 0.311 e. The lowest BCUT2D eigenvalue weighted by Crippen LogP contribution is -2.08. The van der Waals surface area contributed by atoms with Crippen molar-refractivity contribution in [2.24, 2.45) is 0 Å². The van der Waals surface area contributed by atoms with Crippen molar-refractivity contribution >= 4 is 5.97 Å². The van der Waals surface area contributed by atoms with Crippen molar-refractivity contribution in [1.29, 1.82) is 0 Å². The number of esters is 1. The SMILES string of the molecule is O=C(CCCO)Oc1ccc(OCCCO)cc1. The lowest BCUT2D eigenvalue weighted by molar-refractivity contribution is -0.134. The highest BCUT2D eigenvalue weighted by Crippen LogP contribution is 2.18. The van der Waals surface area contributed by atoms with Gasteiger partial charge in [0.1, 0.15) is 11.5 Å². The molecule has 0 amide bonds. The molecule has 2 N–H and O–H groups in total. The van der Waals surface area contributed by atoms with Crippen molar-refractivity contribution in [1.82, 2.24) is 0 Å². The summed E-state index contributed by atoms with van der Waals surface area (Å²) in [5.74, 6) is 0.754. The van der Waals surface area contributed by atoms with E-state index < -0.39 is 0 Å². The number of aliphatic hydroxyl groups is 2. The number of rotatable bonds is 8. The quantitative estimate of drug-likeness (QED) is 0.413. The van der Waals surface area contributed by atoms with Crippen molar-refractivity contribution in [2.45, 2.75) is 19.3 Å². The summed E-state index contributed by atoms with van der Waals surface area (Å²) in [4.78, 5) is 11.3. The number of hydrogen-bond donors (Lipinski definition) is 2. The standard InChI is InChI=1S/C13H18O5/c14-8-1-3-13(16)18-12-6-4-11(5-7-12)17-10-2-9-15/h4-7,14-15H,1-3,8-10H2. The molecule has 0 aliphatic carbocycles. The fourth-order valence-electron chi connectivity index (χ4n) is 1.26. The van der Waals surface area contributed by atoms with E-state index in [9.17, 15) is 4.79 Å². The third kappa shape index (κ3) is 5.65. The maximum atomic E-state index is 11.3. The molecule has 0 bridgehead atoms. The summed E-state index contributed by atoms with van der Waals surface area (Å²) in [6, 6.07) is 6.69. The monoisotopic (exact) mass is 254 g/mol. The van der Waals surface area contributed by atoms with Gasteiger partial charge in [0, 0.05) is 26.1 Å². The van der Waals surface area contributed by atoms with Crippen LogP contribution in [0, 0.1) is 0 Å². The maximum absolute atomic E-state index is 11.3. The first kappa shape index (κ1) is 14.5. The lowest BCUT2D eigenvalue weighted by Gasteiger charge is -2.07. The molecule has 0 aliphatic rings. The molecule has 1 aromatic carbocycles. The molecule has 0 atom stereocenters. The summed E-state index contributed by atoms with van der Waals surface area (Å²) in [7, 11) is 0. The van der Waals surface area contributed by atoms with E-state index in [-0.39, 0.29) is 25.6 Å². The summed E-state index contributed by atoms with van der Waals surface area (Å²) in [5, 5.41) is 17.2. The molecule has 1 aromatic rings. The van der Waals surface area contributed by atoms with Crippen molar-refractivity contribution in [2.75, 3.05) is 19.8 Å². The van der Waals surface area contributed by atoms with Crippen LogP contribution in [-0.2, 0) is 4.79 Å². The number of carbonyl (C=O) groups excluding carboxylic acids is 1. The van der Waals surface area contributed by atoms with Gasteiger partial charge in [-0.25, -0.2) is 0 Å². The Bertz CT molecular complexity index is 347. The highest BCUT2D eigenvalue weighted by molar-refractivity contribution is 5.72. The first-order chi connectivity index (χ1) is 8.76. The van der Waals surface area contributed by atoms with Crippen LogP contribution in [0.4, 0.5) is 0 Å². The number of benzene rings is 1. The Hall–Kier alpha value is -1.59. The molecule has 1 rings (SSSR count). The Balaban J connectivity index is 2.37. The van der Waals surface area contributed by atoms with Crippen LogP contribution in [0.2, 0.25) is 0 Å². The van der Waals surface area contributed by atoms with Gasteiger partial charge in [-0.15, -0.1) is 0 Å². The molecule has 0 saturated carbocycles. The Kier molecular flexibility index (Phi) is 6.83. The van der Waals surface area contributed by atoms with Gasteiger partial charge in [-0.05, 0) is 30.7 Å². The first-order valence-electron chi connectivity index (χ1n) is 5.91. The number of carbonyl (C=O) groups is 1. The van der Waals surface area contributed by atoms with Gasteiger partial charge in [0.25, 0.3) is 0 Å². The number of aliphatic hydroxyl groups excluding tert-OH is 2. The molecule has 0 heterocycles. The molecule has 0 radical (unpaired) electrons.